The number of aliphatic carboxylic acids is 1. The van der Waals surface area contributed by atoms with Gasteiger partial charge in [0.1, 0.15) is 19.7 Å². The van der Waals surface area contributed by atoms with Crippen molar-refractivity contribution in [1.82, 2.24) is 37.4 Å². The molecule has 4 rings (SSSR count). The molecule has 0 bridgehead atoms. The monoisotopic (exact) mass is 832 g/mol. The lowest BCUT2D eigenvalue weighted by Gasteiger charge is -2.07. The van der Waals surface area contributed by atoms with Gasteiger partial charge in [0.25, 0.3) is 23.3 Å². The number of rotatable bonds is 7. The highest BCUT2D eigenvalue weighted by molar-refractivity contribution is 14.1. The van der Waals surface area contributed by atoms with E-state index in [0.29, 0.717) is 0 Å². The van der Waals surface area contributed by atoms with Gasteiger partial charge in [0.2, 0.25) is 0 Å². The van der Waals surface area contributed by atoms with E-state index < -0.39 is 59.8 Å². The van der Waals surface area contributed by atoms with Crippen LogP contribution in [0, 0.1) is 0 Å². The van der Waals surface area contributed by atoms with Crippen LogP contribution in [0.15, 0.2) is 55.1 Å². The van der Waals surface area contributed by atoms with Crippen molar-refractivity contribution in [1.29, 1.82) is 0 Å². The summed E-state index contributed by atoms with van der Waals surface area (Å²) < 4.78 is 58.1. The van der Waals surface area contributed by atoms with Crippen LogP contribution < -0.4 is 22.5 Å². The third kappa shape index (κ3) is 10.8. The summed E-state index contributed by atoms with van der Waals surface area (Å²) >= 11 is 2.15. The van der Waals surface area contributed by atoms with Crippen LogP contribution >= 0.6 is 22.6 Å². The van der Waals surface area contributed by atoms with Crippen molar-refractivity contribution >= 4 is 56.9 Å². The first-order valence-electron chi connectivity index (χ1n) is 13.4. The molecule has 4 aromatic heterocycles. The highest BCUT2D eigenvalue weighted by Gasteiger charge is 2.17. The quantitative estimate of drug-likeness (QED) is 0.118. The average Bonchev–Trinajstić information content (AvgIpc) is 3.68. The Hall–Kier alpha value is -4.87. The minimum Gasteiger partial charge on any atom is -0.480 e. The zero-order chi connectivity index (χ0) is 37.9. The van der Waals surface area contributed by atoms with Crippen LogP contribution in [0.1, 0.15) is 21.3 Å². The molecule has 4 heterocycles. The van der Waals surface area contributed by atoms with E-state index in [2.05, 4.69) is 32.6 Å². The summed E-state index contributed by atoms with van der Waals surface area (Å²) in [5.74, 6) is -1.89. The van der Waals surface area contributed by atoms with Gasteiger partial charge in [-0.1, -0.05) is 30.0 Å². The van der Waals surface area contributed by atoms with Gasteiger partial charge < -0.3 is 24.1 Å². The molecule has 0 radical (unpaired) electrons. The molecule has 2 N–H and O–H groups in total. The van der Waals surface area contributed by atoms with Gasteiger partial charge in [-0.25, -0.2) is 19.6 Å². The van der Waals surface area contributed by atoms with E-state index in [1.165, 1.54) is 66.0 Å². The Kier molecular flexibility index (Phi) is 18.0. The summed E-state index contributed by atoms with van der Waals surface area (Å²) in [6, 6.07) is 0. The molecular weight excluding hydrogens is 795 g/mol. The number of hydrogen-bond donors (Lipinski definition) is 2. The number of carbonyl (C=O) groups excluding carboxylic acids is 1. The number of aromatic nitrogens is 8. The van der Waals surface area contributed by atoms with Crippen molar-refractivity contribution in [2.75, 3.05) is 18.1 Å². The first kappa shape index (κ1) is 45.1. The number of halogens is 5. The van der Waals surface area contributed by atoms with Crippen LogP contribution in [-0.4, -0.2) is 77.7 Å². The van der Waals surface area contributed by atoms with Gasteiger partial charge in [-0.3, -0.25) is 37.4 Å². The number of fused-ring (bicyclic) bond motifs is 2. The second kappa shape index (κ2) is 20.0. The summed E-state index contributed by atoms with van der Waals surface area (Å²) in [7, 11) is 5.56. The van der Waals surface area contributed by atoms with Gasteiger partial charge in [0.15, 0.2) is 22.3 Å². The second-order valence-electron chi connectivity index (χ2n) is 9.79. The van der Waals surface area contributed by atoms with Crippen molar-refractivity contribution in [2.24, 2.45) is 28.2 Å². The molecule has 0 aliphatic carbocycles. The number of hydrogen-bond acceptors (Lipinski definition) is 10. The zero-order valence-corrected chi connectivity index (χ0v) is 29.4. The van der Waals surface area contributed by atoms with E-state index in [1.54, 1.807) is 0 Å². The van der Waals surface area contributed by atoms with Gasteiger partial charge in [-0.2, -0.15) is 17.6 Å². The van der Waals surface area contributed by atoms with Crippen molar-refractivity contribution in [3.8, 4) is 0 Å². The smallest absolute Gasteiger partial charge is 0.332 e. The lowest BCUT2D eigenvalue weighted by atomic mass is 10.4. The molecule has 17 nitrogen and oxygen atoms in total. The van der Waals surface area contributed by atoms with Crippen LogP contribution in [-0.2, 0) is 55.6 Å². The number of carboxylic acids is 1. The topological polar surface area (TPSA) is 207 Å². The predicted molar refractivity (Wildman–Crippen MR) is 183 cm³/mol. The van der Waals surface area contributed by atoms with E-state index >= 15 is 0 Å². The number of aryl methyl sites for hydroxylation is 2. The number of nitrogens with zero attached hydrogens (tertiary/aromatic N) is 8. The number of aliphatic hydroxyl groups is 1. The highest BCUT2D eigenvalue weighted by atomic mass is 127. The van der Waals surface area contributed by atoms with Crippen LogP contribution in [0.2, 0.25) is 0 Å². The second-order valence-corrected chi connectivity index (χ2v) is 9.79. The molecule has 0 aliphatic rings. The maximum absolute atomic E-state index is 12.2. The minimum absolute atomic E-state index is 0. The van der Waals surface area contributed by atoms with Gasteiger partial charge >= 0.3 is 23.3 Å². The summed E-state index contributed by atoms with van der Waals surface area (Å²) in [5.41, 5.74) is -2.37. The molecular formula is C28H37F4IN8O9. The fraction of sp³-hybridized carbons (Fsp3) is 0.429. The third-order valence-electron chi connectivity index (χ3n) is 6.37. The molecule has 0 spiro atoms. The maximum atomic E-state index is 12.2. The number of esters is 1. The Labute approximate surface area is 294 Å². The van der Waals surface area contributed by atoms with Crippen LogP contribution in [0.25, 0.3) is 22.3 Å². The van der Waals surface area contributed by atoms with Crippen LogP contribution in [0.3, 0.4) is 0 Å². The summed E-state index contributed by atoms with van der Waals surface area (Å²) in [6.07, 6.45) is -1.25. The molecule has 0 aromatic carbocycles. The minimum atomic E-state index is -1.91. The lowest BCUT2D eigenvalue weighted by Crippen LogP contribution is -2.37. The van der Waals surface area contributed by atoms with E-state index in [9.17, 15) is 46.3 Å². The molecule has 0 saturated carbocycles. The number of carbonyl (C=O) groups is 2. The average molecular weight is 833 g/mol. The van der Waals surface area contributed by atoms with E-state index in [1.807, 2.05) is 4.93 Å². The first-order chi connectivity index (χ1) is 22.8. The maximum Gasteiger partial charge on any atom is 0.332 e. The molecule has 0 atom stereocenters. The van der Waals surface area contributed by atoms with Gasteiger partial charge in [-0.15, -0.1) is 0 Å². The number of imidazole rings is 2. The predicted octanol–water partition coefficient (Wildman–Crippen LogP) is 1.50. The Balaban J connectivity index is 0.000000781. The lowest BCUT2D eigenvalue weighted by molar-refractivity contribution is -0.143. The summed E-state index contributed by atoms with van der Waals surface area (Å²) in [6.45, 7) is 0.470. The van der Waals surface area contributed by atoms with Crippen molar-refractivity contribution in [2.45, 2.75) is 34.4 Å². The van der Waals surface area contributed by atoms with E-state index in [4.69, 9.17) is 14.9 Å². The molecule has 0 amide bonds. The molecule has 50 heavy (non-hydrogen) atoms. The normalized spacial score (nSPS) is 10.0. The Morgan fingerprint density at radius 3 is 1.44 bits per heavy atom. The highest BCUT2D eigenvalue weighted by Crippen LogP contribution is 2.09. The summed E-state index contributed by atoms with van der Waals surface area (Å²) in [4.78, 5) is 79.5. The number of alkyl halides is 1. The van der Waals surface area contributed by atoms with Gasteiger partial charge in [-0.05, 0) is 18.8 Å². The number of carboxylic acid groups (broad SMARTS) is 1. The van der Waals surface area contributed by atoms with Crippen molar-refractivity contribution in [3.63, 3.8) is 0 Å². The number of ether oxygens (including phenoxy) is 1. The Morgan fingerprint density at radius 1 is 0.740 bits per heavy atom. The van der Waals surface area contributed by atoms with Gasteiger partial charge in [0.05, 0.1) is 19.3 Å². The molecule has 0 saturated heterocycles. The van der Waals surface area contributed by atoms with Crippen LogP contribution in [0.5, 0.6) is 0 Å². The summed E-state index contributed by atoms with van der Waals surface area (Å²) in [5, 5.41) is 16.7. The van der Waals surface area contributed by atoms with Crippen LogP contribution in [0.4, 0.5) is 17.6 Å². The van der Waals surface area contributed by atoms with E-state index in [0.717, 1.165) is 16.1 Å². The number of aliphatic hydroxyl groups excluding tert-OH is 1. The molecule has 0 unspecified atom stereocenters. The molecule has 0 aliphatic heterocycles. The molecule has 4 aromatic rings. The standard InChI is InChI=1S/C13H14F2N4O4.C9H10N4O4.C4H6F2O.CH3I.CH4/c1-7(10(14)15)5-23-8(20)4-19-6-16-11-9(19)12(21)18(3)13(22)17(11)2;1-11-7-6(8(16)12(2)9(11)17)13(4-10-7)3-5(14)15;1-3(2-7)4(5)6;1-2;/h6H,4-5H2,1-3H3;4H,3H2,1-2H3,(H,14,15);7H,2H2,1H3;1H3;1H4. The molecule has 278 valence electrons. The molecule has 22 heteroatoms. The Bertz CT molecular complexity index is 2130. The molecule has 0 fully saturated rings. The fourth-order valence-corrected chi connectivity index (χ4v) is 3.67. The first-order valence-corrected chi connectivity index (χ1v) is 15.6. The van der Waals surface area contributed by atoms with Crippen molar-refractivity contribution in [3.05, 3.63) is 77.6 Å². The SMILES string of the molecule is C.CC(CO)=C(F)F.CC(COC(=O)Cn1cnc2c1c(=O)n(C)c(=O)n2C)=C(F)F.CI.Cn1c(=O)c2c(ncn2CC(=O)O)n(C)c1=O. The largest absolute Gasteiger partial charge is 0.480 e. The third-order valence-corrected chi connectivity index (χ3v) is 6.37. The van der Waals surface area contributed by atoms with E-state index in [-0.39, 0.29) is 54.0 Å². The van der Waals surface area contributed by atoms with Crippen molar-refractivity contribution < 1.29 is 42.1 Å². The zero-order valence-electron chi connectivity index (χ0n) is 27.2. The van der Waals surface area contributed by atoms with Gasteiger partial charge in [0, 0.05) is 39.3 Å². The fourth-order valence-electron chi connectivity index (χ4n) is 3.67. The Morgan fingerprint density at radius 2 is 1.12 bits per heavy atom.